The molecule has 0 aliphatic heterocycles. The third kappa shape index (κ3) is 59.1. The minimum Gasteiger partial charge on any atom is -0.462 e. The smallest absolute Gasteiger partial charge is 0.306 e. The van der Waals surface area contributed by atoms with Crippen LogP contribution in [0.3, 0.4) is 0 Å². The van der Waals surface area contributed by atoms with Crippen LogP contribution in [0.1, 0.15) is 290 Å². The Hall–Kier alpha value is -3.67. The molecular formula is C67H114O6. The molecule has 73 heavy (non-hydrogen) atoms. The van der Waals surface area contributed by atoms with E-state index in [1.54, 1.807) is 0 Å². The van der Waals surface area contributed by atoms with E-state index in [-0.39, 0.29) is 31.1 Å². The highest BCUT2D eigenvalue weighted by Crippen LogP contribution is 2.16. The molecule has 6 heteroatoms. The first-order chi connectivity index (χ1) is 36.0. The van der Waals surface area contributed by atoms with E-state index in [9.17, 15) is 14.4 Å². The van der Waals surface area contributed by atoms with Crippen molar-refractivity contribution in [1.82, 2.24) is 0 Å². The van der Waals surface area contributed by atoms with Crippen LogP contribution in [0.4, 0.5) is 0 Å². The highest BCUT2D eigenvalue weighted by molar-refractivity contribution is 5.71. The van der Waals surface area contributed by atoms with Crippen LogP contribution in [-0.2, 0) is 28.6 Å². The molecule has 0 N–H and O–H groups in total. The predicted molar refractivity (Wildman–Crippen MR) is 316 cm³/mol. The number of ether oxygens (including phenoxy) is 3. The molecule has 0 aromatic rings. The van der Waals surface area contributed by atoms with Gasteiger partial charge in [-0.2, -0.15) is 0 Å². The predicted octanol–water partition coefficient (Wildman–Crippen LogP) is 20.9. The topological polar surface area (TPSA) is 78.9 Å². The van der Waals surface area contributed by atoms with E-state index in [1.165, 1.54) is 141 Å². The van der Waals surface area contributed by atoms with Crippen molar-refractivity contribution >= 4 is 17.9 Å². The van der Waals surface area contributed by atoms with Gasteiger partial charge < -0.3 is 14.2 Å². The Bertz CT molecular complexity index is 1440. The Morgan fingerprint density at radius 1 is 0.288 bits per heavy atom. The average molecular weight is 1020 g/mol. The van der Waals surface area contributed by atoms with Gasteiger partial charge in [-0.15, -0.1) is 0 Å². The minimum absolute atomic E-state index is 0.0743. The Morgan fingerprint density at radius 2 is 0.534 bits per heavy atom. The molecule has 0 fully saturated rings. The monoisotopic (exact) mass is 1010 g/mol. The molecule has 0 aromatic heterocycles. The molecule has 0 aliphatic rings. The van der Waals surface area contributed by atoms with Crippen molar-refractivity contribution in [2.75, 3.05) is 13.2 Å². The lowest BCUT2D eigenvalue weighted by molar-refractivity contribution is -0.167. The number of unbranched alkanes of at least 4 members (excludes halogenated alkanes) is 28. The van der Waals surface area contributed by atoms with Crippen LogP contribution >= 0.6 is 0 Å². The first kappa shape index (κ1) is 69.3. The molecule has 1 atom stereocenters. The van der Waals surface area contributed by atoms with E-state index in [2.05, 4.69) is 118 Å². The second-order valence-electron chi connectivity index (χ2n) is 20.2. The molecule has 418 valence electrons. The average Bonchev–Trinajstić information content (AvgIpc) is 3.39. The van der Waals surface area contributed by atoms with Gasteiger partial charge in [-0.25, -0.2) is 0 Å². The lowest BCUT2D eigenvalue weighted by atomic mass is 10.0. The number of esters is 3. The van der Waals surface area contributed by atoms with Gasteiger partial charge in [0.2, 0.25) is 0 Å². The number of hydrogen-bond acceptors (Lipinski definition) is 6. The fraction of sp³-hybridized carbons (Fsp3) is 0.716. The van der Waals surface area contributed by atoms with Gasteiger partial charge in [-0.3, -0.25) is 14.4 Å². The number of carbonyl (C=O) groups is 3. The van der Waals surface area contributed by atoms with Gasteiger partial charge in [-0.05, 0) is 83.5 Å². The Balaban J connectivity index is 4.05. The van der Waals surface area contributed by atoms with E-state index >= 15 is 0 Å². The van der Waals surface area contributed by atoms with Crippen LogP contribution in [0.5, 0.6) is 0 Å². The summed E-state index contributed by atoms with van der Waals surface area (Å²) in [5, 5.41) is 0. The maximum atomic E-state index is 12.8. The molecule has 0 heterocycles. The molecule has 0 rings (SSSR count). The van der Waals surface area contributed by atoms with Crippen molar-refractivity contribution < 1.29 is 28.6 Å². The quantitative estimate of drug-likeness (QED) is 0.0261. The highest BCUT2D eigenvalue weighted by atomic mass is 16.6. The molecule has 0 aromatic carbocycles. The fourth-order valence-electron chi connectivity index (χ4n) is 8.52. The summed E-state index contributed by atoms with van der Waals surface area (Å²) in [6, 6.07) is 0. The molecule has 6 nitrogen and oxygen atoms in total. The van der Waals surface area contributed by atoms with Gasteiger partial charge in [0, 0.05) is 19.3 Å². The highest BCUT2D eigenvalue weighted by Gasteiger charge is 2.19. The van der Waals surface area contributed by atoms with Crippen LogP contribution in [-0.4, -0.2) is 37.2 Å². The van der Waals surface area contributed by atoms with Crippen molar-refractivity contribution in [3.8, 4) is 0 Å². The van der Waals surface area contributed by atoms with Crippen molar-refractivity contribution in [2.24, 2.45) is 0 Å². The molecular weight excluding hydrogens is 901 g/mol. The molecule has 0 spiro atoms. The van der Waals surface area contributed by atoms with Gasteiger partial charge in [0.1, 0.15) is 13.2 Å². The third-order valence-electron chi connectivity index (χ3n) is 13.1. The molecule has 0 radical (unpaired) electrons. The summed E-state index contributed by atoms with van der Waals surface area (Å²) < 4.78 is 16.8. The number of carbonyl (C=O) groups excluding carboxylic acids is 3. The molecule has 0 saturated carbocycles. The largest absolute Gasteiger partial charge is 0.462 e. The van der Waals surface area contributed by atoms with Crippen LogP contribution in [0.2, 0.25) is 0 Å². The van der Waals surface area contributed by atoms with Crippen LogP contribution in [0.15, 0.2) is 97.2 Å². The lowest BCUT2D eigenvalue weighted by Crippen LogP contribution is -2.30. The summed E-state index contributed by atoms with van der Waals surface area (Å²) in [4.78, 5) is 37.9. The van der Waals surface area contributed by atoms with E-state index < -0.39 is 6.10 Å². The van der Waals surface area contributed by atoms with Gasteiger partial charge >= 0.3 is 17.9 Å². The number of hydrogen-bond donors (Lipinski definition) is 0. The summed E-state index contributed by atoms with van der Waals surface area (Å²) in [6.07, 6.45) is 81.5. The summed E-state index contributed by atoms with van der Waals surface area (Å²) in [5.41, 5.74) is 0. The molecule has 0 aliphatic carbocycles. The maximum absolute atomic E-state index is 12.8. The first-order valence-corrected chi connectivity index (χ1v) is 30.7. The van der Waals surface area contributed by atoms with E-state index in [0.29, 0.717) is 19.3 Å². The number of rotatable bonds is 55. The Morgan fingerprint density at radius 3 is 0.836 bits per heavy atom. The van der Waals surface area contributed by atoms with Crippen LogP contribution in [0.25, 0.3) is 0 Å². The first-order valence-electron chi connectivity index (χ1n) is 30.7. The second kappa shape index (κ2) is 60.9. The van der Waals surface area contributed by atoms with E-state index in [0.717, 1.165) is 109 Å². The summed E-state index contributed by atoms with van der Waals surface area (Å²) in [6.45, 7) is 6.49. The minimum atomic E-state index is -0.772. The zero-order valence-corrected chi connectivity index (χ0v) is 47.9. The SMILES string of the molecule is CC/C=C\C/C=C\C/C=C\C/C=C\C/C=C\C/C=C\C/C=C\C/C=C\CCCCCCCCCCCCC(=O)OCC(COC(=O)CCCCCCCCC)OC(=O)CCCCCCCCCCCCCCC. The van der Waals surface area contributed by atoms with Crippen LogP contribution in [0, 0.1) is 0 Å². The van der Waals surface area contributed by atoms with Gasteiger partial charge in [0.05, 0.1) is 0 Å². The molecule has 0 saturated heterocycles. The number of allylic oxidation sites excluding steroid dienone is 16. The van der Waals surface area contributed by atoms with Gasteiger partial charge in [0.15, 0.2) is 6.10 Å². The maximum Gasteiger partial charge on any atom is 0.306 e. The van der Waals surface area contributed by atoms with Crippen LogP contribution < -0.4 is 0 Å². The zero-order valence-electron chi connectivity index (χ0n) is 47.9. The fourth-order valence-corrected chi connectivity index (χ4v) is 8.52. The van der Waals surface area contributed by atoms with Crippen molar-refractivity contribution in [2.45, 2.75) is 297 Å². The van der Waals surface area contributed by atoms with Crippen molar-refractivity contribution in [1.29, 1.82) is 0 Å². The van der Waals surface area contributed by atoms with E-state index in [4.69, 9.17) is 14.2 Å². The summed E-state index contributed by atoms with van der Waals surface area (Å²) >= 11 is 0. The van der Waals surface area contributed by atoms with Gasteiger partial charge in [0.25, 0.3) is 0 Å². The Labute approximate surface area is 451 Å². The standard InChI is InChI=1S/C67H114O6/c1-4-7-10-13-16-18-20-22-23-24-25-26-27-28-29-30-31-32-33-34-35-36-37-38-39-40-41-42-43-45-46-48-51-54-57-60-66(69)72-63-64(62-71-65(68)59-56-53-50-15-12-9-6-3)73-67(70)61-58-55-52-49-47-44-21-19-17-14-11-8-5-2/h7,10,16,18,22-23,25-26,28-29,31-32,34-35,37-38,64H,4-6,8-9,11-15,17,19-21,24,27,30,33,36,39-63H2,1-3H3/b10-7-,18-16-,23-22-,26-25-,29-28-,32-31-,35-34-,38-37-. The zero-order chi connectivity index (χ0) is 52.9. The van der Waals surface area contributed by atoms with Crippen molar-refractivity contribution in [3.63, 3.8) is 0 Å². The molecule has 0 bridgehead atoms. The Kier molecular flexibility index (Phi) is 57.8. The normalized spacial score (nSPS) is 12.8. The van der Waals surface area contributed by atoms with Crippen molar-refractivity contribution in [3.05, 3.63) is 97.2 Å². The second-order valence-corrected chi connectivity index (χ2v) is 20.2. The third-order valence-corrected chi connectivity index (χ3v) is 13.1. The molecule has 1 unspecified atom stereocenters. The lowest BCUT2D eigenvalue weighted by Gasteiger charge is -2.18. The molecule has 0 amide bonds. The van der Waals surface area contributed by atoms with Gasteiger partial charge in [-0.1, -0.05) is 285 Å². The van der Waals surface area contributed by atoms with E-state index in [1.807, 2.05) is 0 Å². The summed E-state index contributed by atoms with van der Waals surface area (Å²) in [7, 11) is 0. The summed E-state index contributed by atoms with van der Waals surface area (Å²) in [5.74, 6) is -0.878.